The Morgan fingerprint density at radius 3 is 2.44 bits per heavy atom. The van der Waals surface area contributed by atoms with E-state index in [1.165, 1.54) is 4.68 Å². The van der Waals surface area contributed by atoms with Gasteiger partial charge in [0.15, 0.2) is 0 Å². The minimum atomic E-state index is -0.201. The summed E-state index contributed by atoms with van der Waals surface area (Å²) >= 11 is 6.12. The van der Waals surface area contributed by atoms with Gasteiger partial charge in [-0.1, -0.05) is 54.1 Å². The quantitative estimate of drug-likeness (QED) is 0.672. The van der Waals surface area contributed by atoms with E-state index in [0.717, 1.165) is 23.3 Å². The van der Waals surface area contributed by atoms with Gasteiger partial charge in [-0.15, -0.1) is 0 Å². The molecule has 0 fully saturated rings. The molecule has 0 bridgehead atoms. The van der Waals surface area contributed by atoms with Gasteiger partial charge in [0, 0.05) is 13.6 Å². The van der Waals surface area contributed by atoms with Crippen molar-refractivity contribution in [2.24, 2.45) is 7.05 Å². The topological polar surface area (TPSA) is 56.2 Å². The second-order valence-corrected chi connectivity index (χ2v) is 6.66. The molecule has 3 rings (SSSR count). The Balaban J connectivity index is 1.48. The monoisotopic (exact) mass is 383 g/mol. The maximum absolute atomic E-state index is 12.3. The molecule has 3 aromatic rings. The lowest BCUT2D eigenvalue weighted by molar-refractivity contribution is 0.0953. The molecule has 0 aliphatic carbocycles. The van der Waals surface area contributed by atoms with Crippen LogP contribution in [-0.4, -0.2) is 22.2 Å². The van der Waals surface area contributed by atoms with Gasteiger partial charge in [-0.25, -0.2) is 0 Å². The number of aromatic nitrogens is 2. The molecule has 1 heterocycles. The number of nitrogens with one attached hydrogen (secondary N) is 1. The van der Waals surface area contributed by atoms with Crippen LogP contribution < -0.4 is 10.1 Å². The summed E-state index contributed by atoms with van der Waals surface area (Å²) < 4.78 is 7.28. The summed E-state index contributed by atoms with van der Waals surface area (Å²) in [7, 11) is 1.72. The van der Waals surface area contributed by atoms with Crippen LogP contribution in [0.25, 0.3) is 0 Å². The molecule has 27 heavy (non-hydrogen) atoms. The molecule has 1 amide bonds. The van der Waals surface area contributed by atoms with Crippen molar-refractivity contribution in [3.05, 3.63) is 82.1 Å². The summed E-state index contributed by atoms with van der Waals surface area (Å²) in [4.78, 5) is 12.3. The van der Waals surface area contributed by atoms with Crippen LogP contribution in [0.1, 0.15) is 27.2 Å². The van der Waals surface area contributed by atoms with Gasteiger partial charge in [0.25, 0.3) is 5.91 Å². The third-order valence-corrected chi connectivity index (χ3v) is 4.68. The highest BCUT2D eigenvalue weighted by molar-refractivity contribution is 6.33. The minimum absolute atomic E-state index is 0.201. The molecular weight excluding hydrogens is 362 g/mol. The predicted octanol–water partition coefficient (Wildman–Crippen LogP) is 3.93. The van der Waals surface area contributed by atoms with E-state index >= 15 is 0 Å². The average molecular weight is 384 g/mol. The lowest BCUT2D eigenvalue weighted by Crippen LogP contribution is -2.26. The Bertz CT molecular complexity index is 905. The molecule has 0 aliphatic rings. The van der Waals surface area contributed by atoms with Crippen LogP contribution in [0.4, 0.5) is 0 Å². The first-order valence-corrected chi connectivity index (χ1v) is 9.15. The summed E-state index contributed by atoms with van der Waals surface area (Å²) in [5, 5.41) is 7.40. The number of carbonyl (C=O) groups is 1. The molecular formula is C21H22ClN3O2. The number of hydrogen-bond donors (Lipinski definition) is 1. The van der Waals surface area contributed by atoms with Crippen LogP contribution in [-0.2, 0) is 20.1 Å². The van der Waals surface area contributed by atoms with Crippen molar-refractivity contribution in [1.29, 1.82) is 0 Å². The summed E-state index contributed by atoms with van der Waals surface area (Å²) in [5.74, 6) is 0.623. The Kier molecular flexibility index (Phi) is 6.14. The standard InChI is InChI=1S/C21H22ClN3O2/c1-15-19(20(22)25(2)24-15)21(26)23-13-12-16-8-10-18(11-9-16)27-14-17-6-4-3-5-7-17/h3-11H,12-14H2,1-2H3,(H,23,26). The maximum Gasteiger partial charge on any atom is 0.256 e. The Morgan fingerprint density at radius 1 is 1.11 bits per heavy atom. The molecule has 0 saturated carbocycles. The fraction of sp³-hybridized carbons (Fsp3) is 0.238. The van der Waals surface area contributed by atoms with E-state index in [9.17, 15) is 4.79 Å². The number of rotatable bonds is 7. The third-order valence-electron chi connectivity index (χ3n) is 4.25. The molecule has 1 N–H and O–H groups in total. The molecule has 2 aromatic carbocycles. The number of aryl methyl sites for hydroxylation is 2. The van der Waals surface area contributed by atoms with Crippen LogP contribution in [0.3, 0.4) is 0 Å². The normalized spacial score (nSPS) is 10.6. The van der Waals surface area contributed by atoms with E-state index in [1.807, 2.05) is 54.6 Å². The van der Waals surface area contributed by atoms with Crippen molar-refractivity contribution in [3.63, 3.8) is 0 Å². The third kappa shape index (κ3) is 4.89. The van der Waals surface area contributed by atoms with Crippen LogP contribution in [0.15, 0.2) is 54.6 Å². The highest BCUT2D eigenvalue weighted by Gasteiger charge is 2.18. The highest BCUT2D eigenvalue weighted by atomic mass is 35.5. The van der Waals surface area contributed by atoms with Crippen LogP contribution in [0, 0.1) is 6.92 Å². The van der Waals surface area contributed by atoms with E-state index in [-0.39, 0.29) is 5.91 Å². The zero-order valence-electron chi connectivity index (χ0n) is 15.4. The van der Waals surface area contributed by atoms with E-state index in [0.29, 0.717) is 29.6 Å². The maximum atomic E-state index is 12.3. The van der Waals surface area contributed by atoms with Gasteiger partial charge in [-0.3, -0.25) is 9.48 Å². The number of halogens is 1. The Labute approximate surface area is 163 Å². The van der Waals surface area contributed by atoms with Crippen molar-refractivity contribution in [2.75, 3.05) is 6.54 Å². The summed E-state index contributed by atoms with van der Waals surface area (Å²) in [6.07, 6.45) is 0.724. The van der Waals surface area contributed by atoms with Crippen molar-refractivity contribution in [2.45, 2.75) is 20.0 Å². The molecule has 6 heteroatoms. The SMILES string of the molecule is Cc1nn(C)c(Cl)c1C(=O)NCCc1ccc(OCc2ccccc2)cc1. The smallest absolute Gasteiger partial charge is 0.256 e. The molecule has 1 aromatic heterocycles. The summed E-state index contributed by atoms with van der Waals surface area (Å²) in [6, 6.07) is 18.0. The first kappa shape index (κ1) is 19.0. The van der Waals surface area contributed by atoms with Gasteiger partial charge in [0.2, 0.25) is 0 Å². The lowest BCUT2D eigenvalue weighted by atomic mass is 10.1. The van der Waals surface area contributed by atoms with E-state index < -0.39 is 0 Å². The van der Waals surface area contributed by atoms with Crippen molar-refractivity contribution in [3.8, 4) is 5.75 Å². The van der Waals surface area contributed by atoms with Crippen molar-refractivity contribution in [1.82, 2.24) is 15.1 Å². The number of hydrogen-bond acceptors (Lipinski definition) is 3. The van der Waals surface area contributed by atoms with E-state index in [4.69, 9.17) is 16.3 Å². The Hall–Kier alpha value is -2.79. The fourth-order valence-corrected chi connectivity index (χ4v) is 3.05. The number of ether oxygens (including phenoxy) is 1. The van der Waals surface area contributed by atoms with Crippen LogP contribution in [0.5, 0.6) is 5.75 Å². The van der Waals surface area contributed by atoms with E-state index in [1.54, 1.807) is 14.0 Å². The molecule has 0 unspecified atom stereocenters. The average Bonchev–Trinajstić information content (AvgIpc) is 2.93. The molecule has 0 aliphatic heterocycles. The molecule has 0 atom stereocenters. The van der Waals surface area contributed by atoms with Gasteiger partial charge in [0.1, 0.15) is 17.5 Å². The highest BCUT2D eigenvalue weighted by Crippen LogP contribution is 2.18. The number of nitrogens with zero attached hydrogens (tertiary/aromatic N) is 2. The zero-order valence-corrected chi connectivity index (χ0v) is 16.2. The van der Waals surface area contributed by atoms with E-state index in [2.05, 4.69) is 10.4 Å². The fourth-order valence-electron chi connectivity index (χ4n) is 2.79. The summed E-state index contributed by atoms with van der Waals surface area (Å²) in [6.45, 7) is 2.84. The number of benzene rings is 2. The largest absolute Gasteiger partial charge is 0.489 e. The van der Waals surface area contributed by atoms with Crippen molar-refractivity contribution >= 4 is 17.5 Å². The van der Waals surface area contributed by atoms with Crippen LogP contribution >= 0.6 is 11.6 Å². The molecule has 0 spiro atoms. The Morgan fingerprint density at radius 2 is 1.81 bits per heavy atom. The number of carbonyl (C=O) groups excluding carboxylic acids is 1. The van der Waals surface area contributed by atoms with Gasteiger partial charge in [0.05, 0.1) is 11.3 Å². The minimum Gasteiger partial charge on any atom is -0.489 e. The van der Waals surface area contributed by atoms with Gasteiger partial charge in [-0.05, 0) is 36.6 Å². The molecule has 140 valence electrons. The number of amides is 1. The molecule has 0 radical (unpaired) electrons. The molecule has 5 nitrogen and oxygen atoms in total. The lowest BCUT2D eigenvalue weighted by Gasteiger charge is -2.08. The summed E-state index contributed by atoms with van der Waals surface area (Å²) in [5.41, 5.74) is 3.31. The second kappa shape index (κ2) is 8.73. The van der Waals surface area contributed by atoms with Gasteiger partial charge in [-0.2, -0.15) is 5.10 Å². The van der Waals surface area contributed by atoms with Crippen molar-refractivity contribution < 1.29 is 9.53 Å². The predicted molar refractivity (Wildman–Crippen MR) is 106 cm³/mol. The second-order valence-electron chi connectivity index (χ2n) is 6.30. The first-order chi connectivity index (χ1) is 13.0. The molecule has 0 saturated heterocycles. The first-order valence-electron chi connectivity index (χ1n) is 8.77. The zero-order chi connectivity index (χ0) is 19.2. The van der Waals surface area contributed by atoms with Gasteiger partial charge >= 0.3 is 0 Å². The van der Waals surface area contributed by atoms with Crippen LogP contribution in [0.2, 0.25) is 5.15 Å². The van der Waals surface area contributed by atoms with Gasteiger partial charge < -0.3 is 10.1 Å².